The van der Waals surface area contributed by atoms with Crippen LogP contribution in [0.5, 0.6) is 0 Å². The van der Waals surface area contributed by atoms with Gasteiger partial charge in [-0.1, -0.05) is 11.6 Å². The number of hydrogen-bond acceptors (Lipinski definition) is 5. The molecule has 0 spiro atoms. The molecule has 8 nitrogen and oxygen atoms in total. The number of nitrogens with one attached hydrogen (secondary N) is 1. The Morgan fingerprint density at radius 2 is 2.22 bits per heavy atom. The fraction of sp³-hybridized carbons (Fsp3) is 0.357. The van der Waals surface area contributed by atoms with Gasteiger partial charge in [-0.3, -0.25) is 9.48 Å². The molecular weight excluding hydrogens is 318 g/mol. The van der Waals surface area contributed by atoms with E-state index >= 15 is 0 Å². The van der Waals surface area contributed by atoms with Crippen LogP contribution in [0, 0.1) is 6.92 Å². The molecule has 3 heterocycles. The first-order chi connectivity index (χ1) is 11.0. The third-order valence-corrected chi connectivity index (χ3v) is 4.45. The summed E-state index contributed by atoms with van der Waals surface area (Å²) in [6.07, 6.45) is 3.56. The number of fused-ring (bicyclic) bond motifs is 1. The molecule has 0 radical (unpaired) electrons. The number of carbonyl (C=O) groups is 1. The molecule has 0 aromatic carbocycles. The number of aromatic nitrogens is 6. The Kier molecular flexibility index (Phi) is 3.08. The van der Waals surface area contributed by atoms with Crippen molar-refractivity contribution in [1.82, 2.24) is 29.4 Å². The third kappa shape index (κ3) is 2.35. The number of nitrogens with zero attached hydrogens (tertiary/aromatic N) is 6. The number of aryl methyl sites for hydroxylation is 1. The van der Waals surface area contributed by atoms with Gasteiger partial charge in [-0.05, 0) is 25.8 Å². The Bertz CT molecular complexity index is 925. The molecule has 3 aromatic heterocycles. The van der Waals surface area contributed by atoms with Crippen LogP contribution in [0.25, 0.3) is 5.78 Å². The SMILES string of the molecule is Cc1c(Cl)c(NC(=O)c2cc(C3CC3)nc3ncnn23)nn1C. The molecule has 0 atom stereocenters. The first-order valence-corrected chi connectivity index (χ1v) is 7.63. The van der Waals surface area contributed by atoms with Gasteiger partial charge >= 0.3 is 0 Å². The molecule has 3 aromatic rings. The van der Waals surface area contributed by atoms with Gasteiger partial charge < -0.3 is 5.32 Å². The second-order valence-electron chi connectivity index (χ2n) is 5.64. The van der Waals surface area contributed by atoms with Crippen LogP contribution in [0.2, 0.25) is 5.02 Å². The lowest BCUT2D eigenvalue weighted by atomic mass is 10.2. The molecule has 23 heavy (non-hydrogen) atoms. The minimum Gasteiger partial charge on any atom is -0.302 e. The van der Waals surface area contributed by atoms with E-state index in [1.807, 2.05) is 6.92 Å². The Morgan fingerprint density at radius 3 is 2.87 bits per heavy atom. The maximum Gasteiger partial charge on any atom is 0.275 e. The normalized spacial score (nSPS) is 14.4. The summed E-state index contributed by atoms with van der Waals surface area (Å²) >= 11 is 6.19. The lowest BCUT2D eigenvalue weighted by molar-refractivity contribution is 0.101. The summed E-state index contributed by atoms with van der Waals surface area (Å²) in [5.41, 5.74) is 2.02. The monoisotopic (exact) mass is 331 g/mol. The Hall–Kier alpha value is -2.48. The summed E-state index contributed by atoms with van der Waals surface area (Å²) in [7, 11) is 1.77. The molecule has 0 bridgehead atoms. The molecule has 0 unspecified atom stereocenters. The van der Waals surface area contributed by atoms with E-state index in [9.17, 15) is 4.79 Å². The standard InChI is InChI=1S/C14H14ClN7O/c1-7-11(15)12(20-21(7)2)19-13(23)10-5-9(8-3-4-8)18-14-16-6-17-22(10)14/h5-6,8H,3-4H2,1-2H3,(H,19,20,23). The number of hydrogen-bond donors (Lipinski definition) is 1. The fourth-order valence-electron chi connectivity index (χ4n) is 2.41. The first-order valence-electron chi connectivity index (χ1n) is 7.25. The van der Waals surface area contributed by atoms with Gasteiger partial charge in [0.1, 0.15) is 17.0 Å². The quantitative estimate of drug-likeness (QED) is 0.792. The first kappa shape index (κ1) is 14.1. The van der Waals surface area contributed by atoms with Crippen molar-refractivity contribution in [3.8, 4) is 0 Å². The lowest BCUT2D eigenvalue weighted by Gasteiger charge is -2.06. The van der Waals surface area contributed by atoms with Crippen molar-refractivity contribution in [2.24, 2.45) is 7.05 Å². The molecule has 1 aliphatic carbocycles. The van der Waals surface area contributed by atoms with Gasteiger partial charge in [0.2, 0.25) is 0 Å². The molecule has 1 fully saturated rings. The van der Waals surface area contributed by atoms with Crippen molar-refractivity contribution in [3.63, 3.8) is 0 Å². The summed E-state index contributed by atoms with van der Waals surface area (Å²) in [6.45, 7) is 1.83. The lowest BCUT2D eigenvalue weighted by Crippen LogP contribution is -2.18. The molecule has 4 rings (SSSR count). The average molecular weight is 332 g/mol. The van der Waals surface area contributed by atoms with Crippen LogP contribution in [0.3, 0.4) is 0 Å². The van der Waals surface area contributed by atoms with Crippen LogP contribution in [0.4, 0.5) is 5.82 Å². The Balaban J connectivity index is 1.74. The van der Waals surface area contributed by atoms with Crippen molar-refractivity contribution < 1.29 is 4.79 Å². The van der Waals surface area contributed by atoms with Crippen molar-refractivity contribution >= 4 is 29.1 Å². The summed E-state index contributed by atoms with van der Waals surface area (Å²) in [5.74, 6) is 0.811. The number of amides is 1. The van der Waals surface area contributed by atoms with Gasteiger partial charge in [0.05, 0.1) is 5.69 Å². The molecule has 1 saturated carbocycles. The average Bonchev–Trinajstić information content (AvgIpc) is 3.23. The highest BCUT2D eigenvalue weighted by atomic mass is 35.5. The predicted molar refractivity (Wildman–Crippen MR) is 83.7 cm³/mol. The molecule has 1 aliphatic rings. The highest BCUT2D eigenvalue weighted by molar-refractivity contribution is 6.34. The number of halogens is 1. The van der Waals surface area contributed by atoms with E-state index < -0.39 is 0 Å². The Morgan fingerprint density at radius 1 is 1.43 bits per heavy atom. The van der Waals surface area contributed by atoms with Crippen LogP contribution in [0.15, 0.2) is 12.4 Å². The van der Waals surface area contributed by atoms with E-state index in [0.29, 0.717) is 28.2 Å². The number of anilines is 1. The maximum atomic E-state index is 12.7. The predicted octanol–water partition coefficient (Wildman–Crippen LogP) is 1.95. The Labute approximate surface area is 136 Å². The van der Waals surface area contributed by atoms with Gasteiger partial charge in [-0.2, -0.15) is 19.7 Å². The van der Waals surface area contributed by atoms with E-state index in [1.165, 1.54) is 10.8 Å². The second kappa shape index (κ2) is 5.02. The van der Waals surface area contributed by atoms with Crippen LogP contribution in [0.1, 0.15) is 40.6 Å². The summed E-state index contributed by atoms with van der Waals surface area (Å²) < 4.78 is 3.04. The smallest absolute Gasteiger partial charge is 0.275 e. The summed E-state index contributed by atoms with van der Waals surface area (Å²) in [4.78, 5) is 21.2. The van der Waals surface area contributed by atoms with E-state index in [2.05, 4.69) is 25.5 Å². The number of rotatable bonds is 3. The van der Waals surface area contributed by atoms with Crippen LogP contribution >= 0.6 is 11.6 Å². The van der Waals surface area contributed by atoms with Gasteiger partial charge in [-0.15, -0.1) is 0 Å². The van der Waals surface area contributed by atoms with Gasteiger partial charge in [-0.25, -0.2) is 4.98 Å². The largest absolute Gasteiger partial charge is 0.302 e. The zero-order valence-electron chi connectivity index (χ0n) is 12.6. The van der Waals surface area contributed by atoms with E-state index in [1.54, 1.807) is 17.8 Å². The maximum absolute atomic E-state index is 12.7. The topological polar surface area (TPSA) is 90.0 Å². The minimum atomic E-state index is -0.343. The molecule has 1 N–H and O–H groups in total. The van der Waals surface area contributed by atoms with E-state index in [4.69, 9.17) is 11.6 Å². The molecule has 0 saturated heterocycles. The highest BCUT2D eigenvalue weighted by Gasteiger charge is 2.28. The van der Waals surface area contributed by atoms with Crippen molar-refractivity contribution in [2.75, 3.05) is 5.32 Å². The van der Waals surface area contributed by atoms with Crippen molar-refractivity contribution in [2.45, 2.75) is 25.7 Å². The minimum absolute atomic E-state index is 0.328. The van der Waals surface area contributed by atoms with Crippen LogP contribution in [-0.2, 0) is 7.05 Å². The molecule has 0 aliphatic heterocycles. The summed E-state index contributed by atoms with van der Waals surface area (Å²) in [5, 5.41) is 11.4. The molecule has 1 amide bonds. The zero-order chi connectivity index (χ0) is 16.1. The van der Waals surface area contributed by atoms with Gasteiger partial charge in [0.25, 0.3) is 11.7 Å². The van der Waals surface area contributed by atoms with Crippen LogP contribution in [-0.4, -0.2) is 35.3 Å². The van der Waals surface area contributed by atoms with Crippen LogP contribution < -0.4 is 5.32 Å². The van der Waals surface area contributed by atoms with Crippen molar-refractivity contribution in [3.05, 3.63) is 34.5 Å². The van der Waals surface area contributed by atoms with E-state index in [0.717, 1.165) is 24.2 Å². The van der Waals surface area contributed by atoms with Gasteiger partial charge in [0.15, 0.2) is 5.82 Å². The fourth-order valence-corrected chi connectivity index (χ4v) is 2.62. The number of carbonyl (C=O) groups excluding carboxylic acids is 1. The highest BCUT2D eigenvalue weighted by Crippen LogP contribution is 2.39. The van der Waals surface area contributed by atoms with Gasteiger partial charge in [0, 0.05) is 18.7 Å². The van der Waals surface area contributed by atoms with E-state index in [-0.39, 0.29) is 5.91 Å². The zero-order valence-corrected chi connectivity index (χ0v) is 13.4. The van der Waals surface area contributed by atoms with Crippen molar-refractivity contribution in [1.29, 1.82) is 0 Å². The summed E-state index contributed by atoms with van der Waals surface area (Å²) in [6, 6.07) is 1.76. The third-order valence-electron chi connectivity index (χ3n) is 3.99. The molecular formula is C14H14ClN7O. The molecule has 9 heteroatoms. The second-order valence-corrected chi connectivity index (χ2v) is 6.02. The molecule has 118 valence electrons.